The van der Waals surface area contributed by atoms with E-state index in [9.17, 15) is 9.59 Å². The van der Waals surface area contributed by atoms with Gasteiger partial charge in [0.1, 0.15) is 0 Å². The molecule has 0 spiro atoms. The SMILES string of the molecule is O=C(CCCc1cccs1)NNC(=O)CSc1cccc2cccnc12. The number of carbonyl (C=O) groups excluding carboxylic acids is 2. The van der Waals surface area contributed by atoms with Crippen molar-refractivity contribution in [1.82, 2.24) is 15.8 Å². The average Bonchev–Trinajstić information content (AvgIpc) is 3.18. The molecule has 3 rings (SSSR count). The summed E-state index contributed by atoms with van der Waals surface area (Å²) in [6.07, 6.45) is 3.77. The first-order valence-electron chi connectivity index (χ1n) is 8.29. The fourth-order valence-electron chi connectivity index (χ4n) is 2.45. The number of hydrogen-bond acceptors (Lipinski definition) is 5. The normalized spacial score (nSPS) is 10.6. The Morgan fingerprint density at radius 3 is 2.73 bits per heavy atom. The molecule has 2 N–H and O–H groups in total. The molecule has 2 amide bonds. The maximum Gasteiger partial charge on any atom is 0.248 e. The van der Waals surface area contributed by atoms with Crippen LogP contribution >= 0.6 is 23.1 Å². The van der Waals surface area contributed by atoms with Crippen molar-refractivity contribution in [3.05, 3.63) is 58.9 Å². The molecular weight excluding hydrogens is 366 g/mol. The molecule has 26 heavy (non-hydrogen) atoms. The molecule has 0 saturated carbocycles. The first-order chi connectivity index (χ1) is 12.7. The Kier molecular flexibility index (Phi) is 6.62. The van der Waals surface area contributed by atoms with Gasteiger partial charge in [0.05, 0.1) is 11.3 Å². The summed E-state index contributed by atoms with van der Waals surface area (Å²) < 4.78 is 0. The highest BCUT2D eigenvalue weighted by Crippen LogP contribution is 2.25. The molecule has 2 aromatic heterocycles. The number of nitrogens with zero attached hydrogens (tertiary/aromatic N) is 1. The lowest BCUT2D eigenvalue weighted by atomic mass is 10.2. The maximum atomic E-state index is 12.0. The first-order valence-corrected chi connectivity index (χ1v) is 10.2. The fraction of sp³-hybridized carbons (Fsp3) is 0.211. The summed E-state index contributed by atoms with van der Waals surface area (Å²) in [6.45, 7) is 0. The van der Waals surface area contributed by atoms with Crippen LogP contribution in [0.25, 0.3) is 10.9 Å². The lowest BCUT2D eigenvalue weighted by Crippen LogP contribution is -2.42. The number of hydrogen-bond donors (Lipinski definition) is 2. The van der Waals surface area contributed by atoms with E-state index in [0.717, 1.165) is 28.6 Å². The number of aryl methyl sites for hydroxylation is 1. The number of rotatable bonds is 7. The quantitative estimate of drug-likeness (QED) is 0.482. The number of hydrazine groups is 1. The molecule has 0 bridgehead atoms. The largest absolute Gasteiger partial charge is 0.273 e. The highest BCUT2D eigenvalue weighted by atomic mass is 32.2. The Hall–Kier alpha value is -2.38. The molecule has 0 aliphatic carbocycles. The molecule has 7 heteroatoms. The van der Waals surface area contributed by atoms with Gasteiger partial charge in [-0.1, -0.05) is 24.3 Å². The van der Waals surface area contributed by atoms with Crippen LogP contribution in [0.3, 0.4) is 0 Å². The van der Waals surface area contributed by atoms with E-state index in [0.29, 0.717) is 6.42 Å². The van der Waals surface area contributed by atoms with E-state index in [4.69, 9.17) is 0 Å². The van der Waals surface area contributed by atoms with Crippen LogP contribution in [0.4, 0.5) is 0 Å². The molecule has 3 aromatic rings. The number of thiophene rings is 1. The van der Waals surface area contributed by atoms with Crippen LogP contribution in [0.2, 0.25) is 0 Å². The summed E-state index contributed by atoms with van der Waals surface area (Å²) >= 11 is 3.09. The highest BCUT2D eigenvalue weighted by molar-refractivity contribution is 8.00. The van der Waals surface area contributed by atoms with Gasteiger partial charge in [-0.05, 0) is 36.4 Å². The fourth-order valence-corrected chi connectivity index (χ4v) is 4.04. The third-order valence-electron chi connectivity index (χ3n) is 3.70. The summed E-state index contributed by atoms with van der Waals surface area (Å²) in [6, 6.07) is 13.8. The lowest BCUT2D eigenvalue weighted by molar-refractivity contribution is -0.127. The second-order valence-corrected chi connectivity index (χ2v) is 7.70. The van der Waals surface area contributed by atoms with E-state index < -0.39 is 0 Å². The molecule has 0 unspecified atom stereocenters. The molecule has 2 heterocycles. The molecule has 0 aliphatic rings. The van der Waals surface area contributed by atoms with E-state index in [2.05, 4.69) is 21.9 Å². The highest BCUT2D eigenvalue weighted by Gasteiger charge is 2.08. The smallest absolute Gasteiger partial charge is 0.248 e. The van der Waals surface area contributed by atoms with Gasteiger partial charge >= 0.3 is 0 Å². The summed E-state index contributed by atoms with van der Waals surface area (Å²) in [4.78, 5) is 30.3. The Morgan fingerprint density at radius 2 is 1.88 bits per heavy atom. The molecule has 0 saturated heterocycles. The van der Waals surface area contributed by atoms with Gasteiger partial charge in [0, 0.05) is 27.8 Å². The molecule has 0 atom stereocenters. The van der Waals surface area contributed by atoms with E-state index in [1.807, 2.05) is 41.8 Å². The third kappa shape index (κ3) is 5.31. The van der Waals surface area contributed by atoms with Gasteiger partial charge in [-0.25, -0.2) is 0 Å². The molecule has 5 nitrogen and oxygen atoms in total. The van der Waals surface area contributed by atoms with E-state index in [-0.39, 0.29) is 17.6 Å². The Balaban J connectivity index is 1.39. The van der Waals surface area contributed by atoms with E-state index >= 15 is 0 Å². The van der Waals surface area contributed by atoms with Crippen molar-refractivity contribution < 1.29 is 9.59 Å². The standard InChI is InChI=1S/C19H19N3O2S2/c23-17(10-2-7-15-8-4-12-25-15)21-22-18(24)13-26-16-9-1-5-14-6-3-11-20-19(14)16/h1,3-6,8-9,11-12H,2,7,10,13H2,(H,21,23)(H,22,24). The van der Waals surface area contributed by atoms with E-state index in [1.54, 1.807) is 17.5 Å². The van der Waals surface area contributed by atoms with Gasteiger partial charge in [0.15, 0.2) is 0 Å². The number of aromatic nitrogens is 1. The Labute approximate surface area is 160 Å². The molecule has 0 fully saturated rings. The lowest BCUT2D eigenvalue weighted by Gasteiger charge is -2.08. The molecule has 0 radical (unpaired) electrons. The minimum absolute atomic E-state index is 0.174. The number of thioether (sulfide) groups is 1. The Bertz CT molecular complexity index is 876. The topological polar surface area (TPSA) is 71.1 Å². The number of pyridine rings is 1. The zero-order chi connectivity index (χ0) is 18.2. The number of carbonyl (C=O) groups is 2. The minimum atomic E-state index is -0.241. The predicted octanol–water partition coefficient (Wildman–Crippen LogP) is 3.56. The van der Waals surface area contributed by atoms with Crippen molar-refractivity contribution >= 4 is 45.8 Å². The summed E-state index contributed by atoms with van der Waals surface area (Å²) in [5.41, 5.74) is 5.82. The summed E-state index contributed by atoms with van der Waals surface area (Å²) in [5, 5.41) is 3.07. The van der Waals surface area contributed by atoms with Crippen molar-refractivity contribution in [2.45, 2.75) is 24.2 Å². The number of amides is 2. The zero-order valence-electron chi connectivity index (χ0n) is 14.1. The number of para-hydroxylation sites is 1. The van der Waals surface area contributed by atoms with Crippen molar-refractivity contribution in [2.24, 2.45) is 0 Å². The van der Waals surface area contributed by atoms with Crippen LogP contribution in [0.15, 0.2) is 58.9 Å². The Morgan fingerprint density at radius 1 is 1.04 bits per heavy atom. The molecule has 0 aliphatic heterocycles. The summed E-state index contributed by atoms with van der Waals surface area (Å²) in [5.74, 6) is -0.202. The van der Waals surface area contributed by atoms with Gasteiger partial charge < -0.3 is 0 Å². The second kappa shape index (κ2) is 9.35. The number of benzene rings is 1. The summed E-state index contributed by atoms with van der Waals surface area (Å²) in [7, 11) is 0. The number of fused-ring (bicyclic) bond motifs is 1. The average molecular weight is 386 g/mol. The second-order valence-electron chi connectivity index (χ2n) is 5.65. The minimum Gasteiger partial charge on any atom is -0.273 e. The van der Waals surface area contributed by atoms with E-state index in [1.165, 1.54) is 16.6 Å². The monoisotopic (exact) mass is 385 g/mol. The predicted molar refractivity (Wildman–Crippen MR) is 106 cm³/mol. The van der Waals surface area contributed by atoms with Crippen LogP contribution in [-0.4, -0.2) is 22.6 Å². The van der Waals surface area contributed by atoms with Gasteiger partial charge in [0.2, 0.25) is 11.8 Å². The first kappa shape index (κ1) is 18.4. The van der Waals surface area contributed by atoms with Crippen LogP contribution in [-0.2, 0) is 16.0 Å². The van der Waals surface area contributed by atoms with Crippen LogP contribution in [0.5, 0.6) is 0 Å². The number of nitrogens with one attached hydrogen (secondary N) is 2. The van der Waals surface area contributed by atoms with Crippen molar-refractivity contribution in [3.63, 3.8) is 0 Å². The molecule has 1 aromatic carbocycles. The van der Waals surface area contributed by atoms with Crippen LogP contribution < -0.4 is 10.9 Å². The third-order valence-corrected chi connectivity index (χ3v) is 5.69. The van der Waals surface area contributed by atoms with Crippen molar-refractivity contribution in [1.29, 1.82) is 0 Å². The van der Waals surface area contributed by atoms with Crippen molar-refractivity contribution in [3.8, 4) is 0 Å². The molecule has 134 valence electrons. The van der Waals surface area contributed by atoms with Crippen LogP contribution in [0.1, 0.15) is 17.7 Å². The van der Waals surface area contributed by atoms with Gasteiger partial charge in [-0.2, -0.15) is 0 Å². The van der Waals surface area contributed by atoms with Gasteiger partial charge in [0.25, 0.3) is 0 Å². The van der Waals surface area contributed by atoms with Crippen LogP contribution in [0, 0.1) is 0 Å². The molecular formula is C19H19N3O2S2. The van der Waals surface area contributed by atoms with Gasteiger partial charge in [-0.15, -0.1) is 23.1 Å². The zero-order valence-corrected chi connectivity index (χ0v) is 15.7. The van der Waals surface area contributed by atoms with Gasteiger partial charge in [-0.3, -0.25) is 25.4 Å². The van der Waals surface area contributed by atoms with Crippen molar-refractivity contribution in [2.75, 3.05) is 5.75 Å². The maximum absolute atomic E-state index is 12.0.